The minimum Gasteiger partial charge on any atom is -0.460 e. The first-order valence-electron chi connectivity index (χ1n) is 7.23. The Morgan fingerprint density at radius 1 is 1.30 bits per heavy atom. The van der Waals surface area contributed by atoms with E-state index in [9.17, 15) is 4.79 Å². The van der Waals surface area contributed by atoms with E-state index in [1.54, 1.807) is 0 Å². The molecule has 1 saturated heterocycles. The Labute approximate surface area is 118 Å². The number of amides is 1. The van der Waals surface area contributed by atoms with E-state index in [-0.39, 0.29) is 11.8 Å². The highest BCUT2D eigenvalue weighted by Crippen LogP contribution is 2.26. The lowest BCUT2D eigenvalue weighted by Gasteiger charge is -2.22. The van der Waals surface area contributed by atoms with Gasteiger partial charge in [-0.05, 0) is 32.0 Å². The fourth-order valence-corrected chi connectivity index (χ4v) is 2.68. The van der Waals surface area contributed by atoms with E-state index in [0.29, 0.717) is 0 Å². The Hall–Kier alpha value is -1.81. The molecule has 0 aliphatic carbocycles. The molecule has 1 amide bonds. The number of nitrogens with one attached hydrogen (secondary N) is 1. The van der Waals surface area contributed by atoms with Crippen LogP contribution in [0.3, 0.4) is 0 Å². The van der Waals surface area contributed by atoms with Gasteiger partial charge < -0.3 is 14.6 Å². The molecule has 0 radical (unpaired) electrons. The molecule has 20 heavy (non-hydrogen) atoms. The van der Waals surface area contributed by atoms with Crippen molar-refractivity contribution in [3.63, 3.8) is 0 Å². The molecule has 0 spiro atoms. The number of carbonyl (C=O) groups is 1. The van der Waals surface area contributed by atoms with E-state index in [4.69, 9.17) is 4.42 Å². The first kappa shape index (κ1) is 13.2. The van der Waals surface area contributed by atoms with Gasteiger partial charge >= 0.3 is 0 Å². The van der Waals surface area contributed by atoms with Crippen molar-refractivity contribution in [3.8, 4) is 0 Å². The maximum Gasteiger partial charge on any atom is 0.233 e. The van der Waals surface area contributed by atoms with Crippen LogP contribution in [0.5, 0.6) is 0 Å². The van der Waals surface area contributed by atoms with Crippen LogP contribution in [-0.4, -0.2) is 37.0 Å². The van der Waals surface area contributed by atoms with Gasteiger partial charge in [-0.1, -0.05) is 18.2 Å². The van der Waals surface area contributed by atoms with E-state index < -0.39 is 0 Å². The lowest BCUT2D eigenvalue weighted by atomic mass is 10.1. The van der Waals surface area contributed by atoms with Crippen LogP contribution in [0, 0.1) is 0 Å². The smallest absolute Gasteiger partial charge is 0.233 e. The molecular formula is C16H20N2O2. The molecule has 2 aromatic rings. The highest BCUT2D eigenvalue weighted by Gasteiger charge is 2.25. The van der Waals surface area contributed by atoms with Crippen LogP contribution in [0.4, 0.5) is 0 Å². The molecule has 0 bridgehead atoms. The lowest BCUT2D eigenvalue weighted by Crippen LogP contribution is -2.36. The number of nitrogens with zero attached hydrogens (tertiary/aromatic N) is 1. The van der Waals surface area contributed by atoms with Crippen LogP contribution in [0.1, 0.15) is 25.0 Å². The zero-order chi connectivity index (χ0) is 13.9. The molecule has 2 heterocycles. The molecule has 1 fully saturated rings. The van der Waals surface area contributed by atoms with Crippen LogP contribution >= 0.6 is 0 Å². The Kier molecular flexibility index (Phi) is 3.74. The Morgan fingerprint density at radius 3 is 3.00 bits per heavy atom. The van der Waals surface area contributed by atoms with Crippen molar-refractivity contribution in [2.24, 2.45) is 0 Å². The minimum atomic E-state index is -0.222. The molecule has 4 heteroatoms. The summed E-state index contributed by atoms with van der Waals surface area (Å²) in [6, 6.07) is 9.85. The lowest BCUT2D eigenvalue weighted by molar-refractivity contribution is -0.132. The van der Waals surface area contributed by atoms with E-state index >= 15 is 0 Å². The number of hydrogen-bond acceptors (Lipinski definition) is 3. The fraction of sp³-hybridized carbons (Fsp3) is 0.438. The quantitative estimate of drug-likeness (QED) is 0.913. The summed E-state index contributed by atoms with van der Waals surface area (Å²) in [4.78, 5) is 14.5. The van der Waals surface area contributed by atoms with Gasteiger partial charge in [-0.25, -0.2) is 0 Å². The average Bonchev–Trinajstić information content (AvgIpc) is 2.72. The molecule has 106 valence electrons. The number of carbonyl (C=O) groups excluding carboxylic acids is 1. The second kappa shape index (κ2) is 5.67. The maximum atomic E-state index is 12.6. The molecule has 1 aliphatic heterocycles. The van der Waals surface area contributed by atoms with E-state index in [1.807, 2.05) is 42.2 Å². The van der Waals surface area contributed by atoms with Crippen molar-refractivity contribution >= 4 is 16.9 Å². The van der Waals surface area contributed by atoms with Gasteiger partial charge in [0.05, 0.1) is 5.92 Å². The number of fused-ring (bicyclic) bond motifs is 1. The number of para-hydroxylation sites is 1. The molecule has 1 atom stereocenters. The number of benzene rings is 1. The largest absolute Gasteiger partial charge is 0.460 e. The zero-order valence-corrected chi connectivity index (χ0v) is 11.8. The van der Waals surface area contributed by atoms with Gasteiger partial charge in [-0.15, -0.1) is 0 Å². The summed E-state index contributed by atoms with van der Waals surface area (Å²) >= 11 is 0. The Bertz CT molecular complexity index is 564. The number of rotatable bonds is 2. The van der Waals surface area contributed by atoms with Crippen LogP contribution in [0.25, 0.3) is 11.0 Å². The van der Waals surface area contributed by atoms with Crippen molar-refractivity contribution in [2.75, 3.05) is 26.2 Å². The summed E-state index contributed by atoms with van der Waals surface area (Å²) in [5, 5.41) is 4.37. The SMILES string of the molecule is CC(C(=O)N1CCCNCC1)c1cc2ccccc2o1. The predicted molar refractivity (Wildman–Crippen MR) is 78.7 cm³/mol. The zero-order valence-electron chi connectivity index (χ0n) is 11.8. The average molecular weight is 272 g/mol. The third kappa shape index (κ3) is 2.56. The summed E-state index contributed by atoms with van der Waals surface area (Å²) in [6.07, 6.45) is 1.01. The van der Waals surface area contributed by atoms with Crippen molar-refractivity contribution in [2.45, 2.75) is 19.3 Å². The van der Waals surface area contributed by atoms with Crippen molar-refractivity contribution in [1.82, 2.24) is 10.2 Å². The van der Waals surface area contributed by atoms with Gasteiger partial charge in [0.1, 0.15) is 11.3 Å². The molecule has 3 rings (SSSR count). The Balaban J connectivity index is 1.79. The van der Waals surface area contributed by atoms with Crippen LogP contribution in [0.15, 0.2) is 34.7 Å². The third-order valence-electron chi connectivity index (χ3n) is 3.89. The highest BCUT2D eigenvalue weighted by atomic mass is 16.3. The topological polar surface area (TPSA) is 45.5 Å². The highest BCUT2D eigenvalue weighted by molar-refractivity contribution is 5.85. The summed E-state index contributed by atoms with van der Waals surface area (Å²) in [6.45, 7) is 5.40. The first-order chi connectivity index (χ1) is 9.75. The molecule has 4 nitrogen and oxygen atoms in total. The number of furan rings is 1. The van der Waals surface area contributed by atoms with Gasteiger partial charge in [-0.2, -0.15) is 0 Å². The van der Waals surface area contributed by atoms with Crippen LogP contribution < -0.4 is 5.32 Å². The monoisotopic (exact) mass is 272 g/mol. The van der Waals surface area contributed by atoms with Gasteiger partial charge in [0.15, 0.2) is 0 Å². The van der Waals surface area contributed by atoms with Crippen molar-refractivity contribution in [3.05, 3.63) is 36.1 Å². The first-order valence-corrected chi connectivity index (χ1v) is 7.23. The molecule has 1 N–H and O–H groups in total. The molecule has 0 saturated carbocycles. The van der Waals surface area contributed by atoms with E-state index in [2.05, 4.69) is 5.32 Å². The third-order valence-corrected chi connectivity index (χ3v) is 3.89. The van der Waals surface area contributed by atoms with Crippen molar-refractivity contribution in [1.29, 1.82) is 0 Å². The fourth-order valence-electron chi connectivity index (χ4n) is 2.68. The molecule has 1 aliphatic rings. The second-order valence-corrected chi connectivity index (χ2v) is 5.34. The summed E-state index contributed by atoms with van der Waals surface area (Å²) in [7, 11) is 0. The Morgan fingerprint density at radius 2 is 2.15 bits per heavy atom. The summed E-state index contributed by atoms with van der Waals surface area (Å²) in [5.74, 6) is 0.696. The minimum absolute atomic E-state index is 0.160. The van der Waals surface area contributed by atoms with Crippen LogP contribution in [-0.2, 0) is 4.79 Å². The molecule has 1 aromatic carbocycles. The van der Waals surface area contributed by atoms with Crippen molar-refractivity contribution < 1.29 is 9.21 Å². The van der Waals surface area contributed by atoms with Gasteiger partial charge in [0.2, 0.25) is 5.91 Å². The molecular weight excluding hydrogens is 252 g/mol. The summed E-state index contributed by atoms with van der Waals surface area (Å²) < 4.78 is 5.81. The van der Waals surface area contributed by atoms with Crippen LogP contribution in [0.2, 0.25) is 0 Å². The maximum absolute atomic E-state index is 12.6. The normalized spacial score (nSPS) is 17.9. The predicted octanol–water partition coefficient (Wildman–Crippen LogP) is 2.36. The number of hydrogen-bond donors (Lipinski definition) is 1. The van der Waals surface area contributed by atoms with Gasteiger partial charge in [0.25, 0.3) is 0 Å². The molecule has 1 unspecified atom stereocenters. The standard InChI is InChI=1S/C16H20N2O2/c1-12(16(19)18-9-4-7-17-8-10-18)15-11-13-5-2-3-6-14(13)20-15/h2-3,5-6,11-12,17H,4,7-10H2,1H3. The van der Waals surface area contributed by atoms with E-state index in [0.717, 1.165) is 49.3 Å². The molecule has 1 aromatic heterocycles. The second-order valence-electron chi connectivity index (χ2n) is 5.34. The van der Waals surface area contributed by atoms with Gasteiger partial charge in [-0.3, -0.25) is 4.79 Å². The van der Waals surface area contributed by atoms with Gasteiger partial charge in [0, 0.05) is 25.0 Å². The van der Waals surface area contributed by atoms with E-state index in [1.165, 1.54) is 0 Å². The summed E-state index contributed by atoms with van der Waals surface area (Å²) in [5.41, 5.74) is 0.847.